The van der Waals surface area contributed by atoms with Crippen LogP contribution in [-0.2, 0) is 27.6 Å². The van der Waals surface area contributed by atoms with Crippen molar-refractivity contribution in [1.29, 1.82) is 0 Å². The zero-order valence-corrected chi connectivity index (χ0v) is 17.9. The van der Waals surface area contributed by atoms with Crippen LogP contribution in [-0.4, -0.2) is 25.4 Å². The van der Waals surface area contributed by atoms with Gasteiger partial charge in [-0.3, -0.25) is 4.79 Å². The van der Waals surface area contributed by atoms with Gasteiger partial charge in [-0.1, -0.05) is 66.7 Å². The Morgan fingerprint density at radius 1 is 0.839 bits per heavy atom. The number of sulfone groups is 1. The van der Waals surface area contributed by atoms with Gasteiger partial charge in [0.15, 0.2) is 0 Å². The van der Waals surface area contributed by atoms with Crippen LogP contribution in [0.5, 0.6) is 0 Å². The number of hydrogen-bond acceptors (Lipinski definition) is 3. The lowest BCUT2D eigenvalue weighted by molar-refractivity contribution is -0.121. The van der Waals surface area contributed by atoms with Crippen LogP contribution >= 0.6 is 0 Å². The molecule has 0 aliphatic heterocycles. The Morgan fingerprint density at radius 3 is 2.23 bits per heavy atom. The first-order valence-corrected chi connectivity index (χ1v) is 11.7. The SMILES string of the molecule is O=C(Cn1cc(S(=O)(=O)c2ccccc2)c2ccccc21)NCCCc1ccccc1. The van der Waals surface area contributed by atoms with E-state index in [0.29, 0.717) is 11.9 Å². The molecule has 0 atom stereocenters. The van der Waals surface area contributed by atoms with E-state index >= 15 is 0 Å². The van der Waals surface area contributed by atoms with Gasteiger partial charge in [0.25, 0.3) is 0 Å². The van der Waals surface area contributed by atoms with Crippen molar-refractivity contribution >= 4 is 26.6 Å². The molecule has 0 fully saturated rings. The summed E-state index contributed by atoms with van der Waals surface area (Å²) < 4.78 is 28.1. The Morgan fingerprint density at radius 2 is 1.48 bits per heavy atom. The van der Waals surface area contributed by atoms with Crippen molar-refractivity contribution in [3.05, 3.63) is 96.7 Å². The summed E-state index contributed by atoms with van der Waals surface area (Å²) in [6.07, 6.45) is 3.30. The summed E-state index contributed by atoms with van der Waals surface area (Å²) >= 11 is 0. The topological polar surface area (TPSA) is 68.2 Å². The number of hydrogen-bond donors (Lipinski definition) is 1. The Hall–Kier alpha value is -3.38. The van der Waals surface area contributed by atoms with Crippen molar-refractivity contribution in [2.45, 2.75) is 29.2 Å². The van der Waals surface area contributed by atoms with Crippen molar-refractivity contribution in [1.82, 2.24) is 9.88 Å². The van der Waals surface area contributed by atoms with Gasteiger partial charge in [-0.05, 0) is 36.6 Å². The number of aromatic nitrogens is 1. The molecule has 1 aromatic heterocycles. The van der Waals surface area contributed by atoms with Crippen LogP contribution < -0.4 is 5.32 Å². The summed E-state index contributed by atoms with van der Waals surface area (Å²) in [6, 6.07) is 25.8. The molecular formula is C25H24N2O3S. The lowest BCUT2D eigenvalue weighted by Gasteiger charge is -2.07. The molecule has 1 N–H and O–H groups in total. The van der Waals surface area contributed by atoms with E-state index in [1.165, 1.54) is 5.56 Å². The number of nitrogens with one attached hydrogen (secondary N) is 1. The molecule has 4 aromatic rings. The minimum atomic E-state index is -3.68. The smallest absolute Gasteiger partial charge is 0.239 e. The molecule has 4 rings (SSSR count). The van der Waals surface area contributed by atoms with Crippen molar-refractivity contribution in [2.24, 2.45) is 0 Å². The van der Waals surface area contributed by atoms with Gasteiger partial charge < -0.3 is 9.88 Å². The second-order valence-corrected chi connectivity index (χ2v) is 9.31. The molecule has 0 aliphatic rings. The van der Waals surface area contributed by atoms with Gasteiger partial charge in [-0.2, -0.15) is 0 Å². The second-order valence-electron chi connectivity index (χ2n) is 7.39. The maximum absolute atomic E-state index is 13.2. The fraction of sp³-hybridized carbons (Fsp3) is 0.160. The Kier molecular flexibility index (Phi) is 6.18. The molecular weight excluding hydrogens is 408 g/mol. The number of nitrogens with zero attached hydrogens (tertiary/aromatic N) is 1. The van der Waals surface area contributed by atoms with Gasteiger partial charge in [0.05, 0.1) is 9.79 Å². The number of aryl methyl sites for hydroxylation is 1. The molecule has 3 aromatic carbocycles. The first-order chi connectivity index (χ1) is 15.1. The van der Waals surface area contributed by atoms with E-state index < -0.39 is 9.84 Å². The third-order valence-corrected chi connectivity index (χ3v) is 7.01. The third-order valence-electron chi connectivity index (χ3n) is 5.22. The zero-order chi connectivity index (χ0) is 21.7. The number of fused-ring (bicyclic) bond motifs is 1. The molecule has 1 heterocycles. The summed E-state index contributed by atoms with van der Waals surface area (Å²) in [6.45, 7) is 0.637. The minimum absolute atomic E-state index is 0.0656. The molecule has 0 radical (unpaired) electrons. The van der Waals surface area contributed by atoms with Gasteiger partial charge in [-0.15, -0.1) is 0 Å². The minimum Gasteiger partial charge on any atom is -0.355 e. The van der Waals surface area contributed by atoms with Crippen molar-refractivity contribution in [3.63, 3.8) is 0 Å². The number of amides is 1. The highest BCUT2D eigenvalue weighted by Gasteiger charge is 2.23. The average molecular weight is 433 g/mol. The van der Waals surface area contributed by atoms with E-state index in [1.807, 2.05) is 30.3 Å². The zero-order valence-electron chi connectivity index (χ0n) is 17.1. The predicted molar refractivity (Wildman–Crippen MR) is 122 cm³/mol. The molecule has 31 heavy (non-hydrogen) atoms. The summed E-state index contributed by atoms with van der Waals surface area (Å²) in [5.41, 5.74) is 1.96. The first kappa shape index (κ1) is 20.9. The van der Waals surface area contributed by atoms with E-state index in [0.717, 1.165) is 18.4 Å². The normalized spacial score (nSPS) is 11.5. The summed E-state index contributed by atoms with van der Waals surface area (Å²) in [4.78, 5) is 13.0. The van der Waals surface area contributed by atoms with E-state index in [-0.39, 0.29) is 22.2 Å². The Labute approximate surface area is 182 Å². The van der Waals surface area contributed by atoms with E-state index in [2.05, 4.69) is 17.4 Å². The highest BCUT2D eigenvalue weighted by molar-refractivity contribution is 7.91. The number of carbonyl (C=O) groups is 1. The number of para-hydroxylation sites is 1. The number of benzene rings is 3. The van der Waals surface area contributed by atoms with Crippen LogP contribution in [0, 0.1) is 0 Å². The van der Waals surface area contributed by atoms with Crippen LogP contribution in [0.3, 0.4) is 0 Å². The number of rotatable bonds is 8. The van der Waals surface area contributed by atoms with Gasteiger partial charge in [0.2, 0.25) is 15.7 Å². The largest absolute Gasteiger partial charge is 0.355 e. The lowest BCUT2D eigenvalue weighted by atomic mass is 10.1. The average Bonchev–Trinajstić information content (AvgIpc) is 3.17. The fourth-order valence-corrected chi connectivity index (χ4v) is 5.16. The van der Waals surface area contributed by atoms with Crippen molar-refractivity contribution < 1.29 is 13.2 Å². The van der Waals surface area contributed by atoms with Gasteiger partial charge in [-0.25, -0.2) is 8.42 Å². The maximum atomic E-state index is 13.2. The predicted octanol–water partition coefficient (Wildman–Crippen LogP) is 4.22. The molecule has 0 bridgehead atoms. The Bertz CT molecular complexity index is 1280. The summed E-state index contributed by atoms with van der Waals surface area (Å²) in [7, 11) is -3.68. The van der Waals surface area contributed by atoms with Crippen LogP contribution in [0.2, 0.25) is 0 Å². The highest BCUT2D eigenvalue weighted by atomic mass is 32.2. The van der Waals surface area contributed by atoms with E-state index in [4.69, 9.17) is 0 Å². The quantitative estimate of drug-likeness (QED) is 0.424. The van der Waals surface area contributed by atoms with E-state index in [1.54, 1.807) is 53.2 Å². The highest BCUT2D eigenvalue weighted by Crippen LogP contribution is 2.30. The van der Waals surface area contributed by atoms with Gasteiger partial charge in [0.1, 0.15) is 6.54 Å². The standard InChI is InChI=1S/C25H24N2O3S/c28-25(26-17-9-12-20-10-3-1-4-11-20)19-27-18-24(22-15-7-8-16-23(22)27)31(29,30)21-13-5-2-6-14-21/h1-8,10-11,13-16,18H,9,12,17,19H2,(H,26,28). The molecule has 0 spiro atoms. The van der Waals surface area contributed by atoms with Gasteiger partial charge in [0, 0.05) is 23.6 Å². The number of carbonyl (C=O) groups excluding carboxylic acids is 1. The Balaban J connectivity index is 1.49. The van der Waals surface area contributed by atoms with Crippen molar-refractivity contribution in [3.8, 4) is 0 Å². The molecule has 0 saturated heterocycles. The fourth-order valence-electron chi connectivity index (χ4n) is 3.66. The molecule has 0 unspecified atom stereocenters. The first-order valence-electron chi connectivity index (χ1n) is 10.2. The van der Waals surface area contributed by atoms with Crippen molar-refractivity contribution in [2.75, 3.05) is 6.54 Å². The van der Waals surface area contributed by atoms with Crippen LogP contribution in [0.4, 0.5) is 0 Å². The van der Waals surface area contributed by atoms with E-state index in [9.17, 15) is 13.2 Å². The van der Waals surface area contributed by atoms with Crippen LogP contribution in [0.25, 0.3) is 10.9 Å². The third kappa shape index (κ3) is 4.70. The van der Waals surface area contributed by atoms with Crippen LogP contribution in [0.1, 0.15) is 12.0 Å². The maximum Gasteiger partial charge on any atom is 0.239 e. The van der Waals surface area contributed by atoms with Gasteiger partial charge >= 0.3 is 0 Å². The lowest BCUT2D eigenvalue weighted by Crippen LogP contribution is -2.28. The summed E-state index contributed by atoms with van der Waals surface area (Å²) in [5.74, 6) is -0.141. The molecule has 6 heteroatoms. The monoisotopic (exact) mass is 432 g/mol. The molecule has 1 amide bonds. The summed E-state index contributed by atoms with van der Waals surface area (Å²) in [5, 5.41) is 3.55. The molecule has 0 saturated carbocycles. The second kappa shape index (κ2) is 9.18. The molecule has 0 aliphatic carbocycles. The molecule has 158 valence electrons. The molecule has 5 nitrogen and oxygen atoms in total. The van der Waals surface area contributed by atoms with Crippen LogP contribution in [0.15, 0.2) is 101 Å².